The molecule has 2 N–H and O–H groups in total. The molecule has 0 radical (unpaired) electrons. The molecule has 1 aromatic carbocycles. The van der Waals surface area contributed by atoms with Crippen LogP contribution in [0.15, 0.2) is 24.3 Å². The van der Waals surface area contributed by atoms with Crippen molar-refractivity contribution in [3.63, 3.8) is 0 Å². The fourth-order valence-electron chi connectivity index (χ4n) is 2.03. The lowest BCUT2D eigenvalue weighted by atomic mass is 10.0. The number of nitrogen functional groups attached to an aromatic ring is 1. The van der Waals surface area contributed by atoms with Gasteiger partial charge in [-0.3, -0.25) is 9.48 Å². The standard InChI is InChI=1S/C15H19N3O/c1-4-12-8-13(18(3)17-12)9-15(19)11-5-6-14(16)10(2)7-11/h5-8H,4,9,16H2,1-3H3. The number of Topliss-reactive ketones (excluding diaryl/α,β-unsaturated/α-hetero) is 1. The molecule has 100 valence electrons. The van der Waals surface area contributed by atoms with Crippen molar-refractivity contribution in [3.05, 3.63) is 46.8 Å². The summed E-state index contributed by atoms with van der Waals surface area (Å²) in [5, 5.41) is 4.35. The van der Waals surface area contributed by atoms with Crippen molar-refractivity contribution < 1.29 is 4.79 Å². The van der Waals surface area contributed by atoms with Gasteiger partial charge in [-0.2, -0.15) is 5.10 Å². The maximum atomic E-state index is 12.2. The molecule has 0 aliphatic heterocycles. The topological polar surface area (TPSA) is 60.9 Å². The van der Waals surface area contributed by atoms with Crippen LogP contribution in [0.25, 0.3) is 0 Å². The molecule has 0 atom stereocenters. The number of carbonyl (C=O) groups excluding carboxylic acids is 1. The first-order valence-electron chi connectivity index (χ1n) is 6.42. The number of aryl methyl sites for hydroxylation is 3. The van der Waals surface area contributed by atoms with Crippen LogP contribution in [0.5, 0.6) is 0 Å². The Morgan fingerprint density at radius 3 is 2.68 bits per heavy atom. The number of hydrogen-bond acceptors (Lipinski definition) is 3. The van der Waals surface area contributed by atoms with Crippen LogP contribution in [0.1, 0.15) is 34.2 Å². The van der Waals surface area contributed by atoms with Crippen molar-refractivity contribution in [2.45, 2.75) is 26.7 Å². The number of carbonyl (C=O) groups is 1. The van der Waals surface area contributed by atoms with E-state index in [1.165, 1.54) is 0 Å². The molecule has 0 aliphatic rings. The fraction of sp³-hybridized carbons (Fsp3) is 0.333. The van der Waals surface area contributed by atoms with E-state index < -0.39 is 0 Å². The number of aromatic nitrogens is 2. The first-order valence-corrected chi connectivity index (χ1v) is 6.42. The van der Waals surface area contributed by atoms with Crippen LogP contribution in [0, 0.1) is 6.92 Å². The van der Waals surface area contributed by atoms with Gasteiger partial charge in [0.2, 0.25) is 0 Å². The monoisotopic (exact) mass is 257 g/mol. The average molecular weight is 257 g/mol. The number of nitrogens with zero attached hydrogens (tertiary/aromatic N) is 2. The van der Waals surface area contributed by atoms with E-state index in [-0.39, 0.29) is 5.78 Å². The van der Waals surface area contributed by atoms with Gasteiger partial charge in [0.1, 0.15) is 0 Å². The highest BCUT2D eigenvalue weighted by atomic mass is 16.1. The van der Waals surface area contributed by atoms with Gasteiger partial charge in [0.15, 0.2) is 5.78 Å². The molecule has 1 aromatic heterocycles. The molecule has 0 unspecified atom stereocenters. The lowest BCUT2D eigenvalue weighted by Gasteiger charge is -2.05. The Morgan fingerprint density at radius 1 is 1.37 bits per heavy atom. The molecule has 0 bridgehead atoms. The Balaban J connectivity index is 2.20. The van der Waals surface area contributed by atoms with E-state index in [0.717, 1.165) is 23.4 Å². The zero-order valence-corrected chi connectivity index (χ0v) is 11.6. The van der Waals surface area contributed by atoms with E-state index >= 15 is 0 Å². The van der Waals surface area contributed by atoms with E-state index in [1.54, 1.807) is 16.8 Å². The quantitative estimate of drug-likeness (QED) is 0.675. The lowest BCUT2D eigenvalue weighted by Crippen LogP contribution is -2.08. The van der Waals surface area contributed by atoms with Gasteiger partial charge in [0, 0.05) is 24.0 Å². The van der Waals surface area contributed by atoms with Gasteiger partial charge in [0.05, 0.1) is 12.1 Å². The molecule has 0 spiro atoms. The summed E-state index contributed by atoms with van der Waals surface area (Å²) >= 11 is 0. The Labute approximate surface area is 113 Å². The molecule has 0 aliphatic carbocycles. The summed E-state index contributed by atoms with van der Waals surface area (Å²) in [5.41, 5.74) is 10.1. The van der Waals surface area contributed by atoms with Gasteiger partial charge in [-0.1, -0.05) is 6.92 Å². The molecular formula is C15H19N3O. The molecule has 0 fully saturated rings. The maximum Gasteiger partial charge on any atom is 0.168 e. The number of benzene rings is 1. The van der Waals surface area contributed by atoms with Crippen molar-refractivity contribution >= 4 is 11.5 Å². The van der Waals surface area contributed by atoms with Gasteiger partial charge in [-0.15, -0.1) is 0 Å². The third-order valence-electron chi connectivity index (χ3n) is 3.32. The number of rotatable bonds is 4. The predicted molar refractivity (Wildman–Crippen MR) is 76.2 cm³/mol. The Kier molecular flexibility index (Phi) is 3.69. The summed E-state index contributed by atoms with van der Waals surface area (Å²) in [7, 11) is 1.87. The van der Waals surface area contributed by atoms with Gasteiger partial charge in [0.25, 0.3) is 0 Å². The van der Waals surface area contributed by atoms with Crippen molar-refractivity contribution in [2.75, 3.05) is 5.73 Å². The van der Waals surface area contributed by atoms with Crippen LogP contribution in [0.3, 0.4) is 0 Å². The third kappa shape index (κ3) is 2.84. The van der Waals surface area contributed by atoms with E-state index in [9.17, 15) is 4.79 Å². The molecule has 0 saturated heterocycles. The summed E-state index contributed by atoms with van der Waals surface area (Å²) in [4.78, 5) is 12.2. The third-order valence-corrected chi connectivity index (χ3v) is 3.32. The zero-order valence-electron chi connectivity index (χ0n) is 11.6. The van der Waals surface area contributed by atoms with Crippen LogP contribution < -0.4 is 5.73 Å². The van der Waals surface area contributed by atoms with E-state index in [0.29, 0.717) is 17.7 Å². The number of nitrogens with two attached hydrogens (primary N) is 1. The molecule has 19 heavy (non-hydrogen) atoms. The van der Waals surface area contributed by atoms with Gasteiger partial charge in [-0.05, 0) is 43.2 Å². The van der Waals surface area contributed by atoms with Crippen molar-refractivity contribution in [1.82, 2.24) is 9.78 Å². The van der Waals surface area contributed by atoms with Crippen LogP contribution in [0.4, 0.5) is 5.69 Å². The van der Waals surface area contributed by atoms with Crippen LogP contribution in [-0.4, -0.2) is 15.6 Å². The summed E-state index contributed by atoms with van der Waals surface area (Å²) in [5.74, 6) is 0.0914. The van der Waals surface area contributed by atoms with Crippen molar-refractivity contribution in [3.8, 4) is 0 Å². The maximum absolute atomic E-state index is 12.2. The Morgan fingerprint density at radius 2 is 2.11 bits per heavy atom. The van der Waals surface area contributed by atoms with E-state index in [1.807, 2.05) is 26.1 Å². The second-order valence-corrected chi connectivity index (χ2v) is 4.78. The SMILES string of the molecule is CCc1cc(CC(=O)c2ccc(N)c(C)c2)n(C)n1. The number of hydrogen-bond donors (Lipinski definition) is 1. The second kappa shape index (κ2) is 5.26. The van der Waals surface area contributed by atoms with Crippen molar-refractivity contribution in [2.24, 2.45) is 7.05 Å². The summed E-state index contributed by atoms with van der Waals surface area (Å²) < 4.78 is 1.78. The normalized spacial score (nSPS) is 10.7. The highest BCUT2D eigenvalue weighted by molar-refractivity contribution is 5.97. The minimum Gasteiger partial charge on any atom is -0.399 e. The highest BCUT2D eigenvalue weighted by Crippen LogP contribution is 2.15. The lowest BCUT2D eigenvalue weighted by molar-refractivity contribution is 0.0990. The summed E-state index contributed by atoms with van der Waals surface area (Å²) in [6, 6.07) is 7.39. The first kappa shape index (κ1) is 13.3. The van der Waals surface area contributed by atoms with Gasteiger partial charge in [-0.25, -0.2) is 0 Å². The minimum atomic E-state index is 0.0914. The van der Waals surface area contributed by atoms with Gasteiger partial charge >= 0.3 is 0 Å². The average Bonchev–Trinajstić information content (AvgIpc) is 2.73. The van der Waals surface area contributed by atoms with Crippen molar-refractivity contribution in [1.29, 1.82) is 0 Å². The fourth-order valence-corrected chi connectivity index (χ4v) is 2.03. The van der Waals surface area contributed by atoms with E-state index in [2.05, 4.69) is 12.0 Å². The Hall–Kier alpha value is -2.10. The smallest absolute Gasteiger partial charge is 0.168 e. The number of anilines is 1. The molecule has 2 aromatic rings. The summed E-state index contributed by atoms with van der Waals surface area (Å²) in [6.45, 7) is 3.96. The first-order chi connectivity index (χ1) is 9.01. The second-order valence-electron chi connectivity index (χ2n) is 4.78. The molecular weight excluding hydrogens is 238 g/mol. The number of ketones is 1. The Bertz CT molecular complexity index is 614. The van der Waals surface area contributed by atoms with Crippen LogP contribution in [0.2, 0.25) is 0 Å². The molecule has 0 saturated carbocycles. The minimum absolute atomic E-state index is 0.0914. The van der Waals surface area contributed by atoms with Crippen LogP contribution in [-0.2, 0) is 19.9 Å². The molecule has 1 heterocycles. The molecule has 4 heteroatoms. The molecule has 0 amide bonds. The zero-order chi connectivity index (χ0) is 14.0. The molecule has 2 rings (SSSR count). The van der Waals surface area contributed by atoms with Gasteiger partial charge < -0.3 is 5.73 Å². The predicted octanol–water partition coefficient (Wildman–Crippen LogP) is 2.30. The summed E-state index contributed by atoms with van der Waals surface area (Å²) in [6.07, 6.45) is 1.25. The highest BCUT2D eigenvalue weighted by Gasteiger charge is 2.12. The van der Waals surface area contributed by atoms with Crippen LogP contribution >= 0.6 is 0 Å². The molecule has 4 nitrogen and oxygen atoms in total. The largest absolute Gasteiger partial charge is 0.399 e. The van der Waals surface area contributed by atoms with E-state index in [4.69, 9.17) is 5.73 Å².